The summed E-state index contributed by atoms with van der Waals surface area (Å²) in [6.07, 6.45) is 0.735. The van der Waals surface area contributed by atoms with Crippen molar-refractivity contribution in [1.29, 1.82) is 0 Å². The normalized spacial score (nSPS) is 15.4. The van der Waals surface area contributed by atoms with Crippen molar-refractivity contribution in [3.8, 4) is 5.75 Å². The van der Waals surface area contributed by atoms with E-state index >= 15 is 0 Å². The minimum atomic E-state index is -0.717. The lowest BCUT2D eigenvalue weighted by atomic mass is 9.72. The zero-order valence-electron chi connectivity index (χ0n) is 25.5. The molecule has 2 N–H and O–H groups in total. The number of hydrogen-bond donors (Lipinski definition) is 2. The van der Waals surface area contributed by atoms with Gasteiger partial charge in [0.15, 0.2) is 6.10 Å². The third-order valence-corrected chi connectivity index (χ3v) is 8.15. The lowest BCUT2D eigenvalue weighted by Crippen LogP contribution is -2.36. The van der Waals surface area contributed by atoms with E-state index in [-0.39, 0.29) is 44.8 Å². The lowest BCUT2D eigenvalue weighted by molar-refractivity contribution is -0.122. The molecule has 3 aromatic carbocycles. The summed E-state index contributed by atoms with van der Waals surface area (Å²) in [5.74, 6) is 0.321. The topological polar surface area (TPSA) is 83.0 Å². The first-order valence-corrected chi connectivity index (χ1v) is 15.8. The Hall–Kier alpha value is -2.97. The van der Waals surface area contributed by atoms with Crippen molar-refractivity contribution in [2.75, 3.05) is 10.3 Å². The number of anilines is 2. The number of nitrogens with one attached hydrogen (secondary N) is 2. The molecule has 1 saturated heterocycles. The fourth-order valence-electron chi connectivity index (χ4n) is 5.39. The molecule has 1 heterocycles. The maximum atomic E-state index is 13.2. The Bertz CT molecular complexity index is 1560. The summed E-state index contributed by atoms with van der Waals surface area (Å²) >= 11 is 25.0. The van der Waals surface area contributed by atoms with E-state index in [2.05, 4.69) is 62.5 Å². The highest BCUT2D eigenvalue weighted by atomic mass is 35.5. The number of ether oxygens (including phenoxy) is 1. The van der Waals surface area contributed by atoms with Crippen LogP contribution in [-0.4, -0.2) is 23.8 Å². The van der Waals surface area contributed by atoms with Crippen molar-refractivity contribution in [1.82, 2.24) is 5.43 Å². The van der Waals surface area contributed by atoms with Crippen LogP contribution in [0.2, 0.25) is 20.1 Å². The van der Waals surface area contributed by atoms with Gasteiger partial charge < -0.3 is 10.1 Å². The summed E-state index contributed by atoms with van der Waals surface area (Å²) in [7, 11) is 0. The Kier molecular flexibility index (Phi) is 10.5. The number of amidine groups is 1. The van der Waals surface area contributed by atoms with Crippen molar-refractivity contribution in [2.24, 2.45) is 10.4 Å². The molecule has 1 atom stereocenters. The molecule has 1 unspecified atom stereocenters. The van der Waals surface area contributed by atoms with Gasteiger partial charge in [0.1, 0.15) is 17.3 Å². The number of nitrogens with zero attached hydrogens (tertiary/aromatic N) is 2. The largest absolute Gasteiger partial charge is 0.481 e. The van der Waals surface area contributed by atoms with E-state index in [1.165, 1.54) is 22.7 Å². The van der Waals surface area contributed by atoms with Crippen molar-refractivity contribution in [3.63, 3.8) is 0 Å². The van der Waals surface area contributed by atoms with Crippen LogP contribution in [-0.2, 0) is 15.0 Å². The van der Waals surface area contributed by atoms with Crippen molar-refractivity contribution in [3.05, 3.63) is 80.3 Å². The summed E-state index contributed by atoms with van der Waals surface area (Å²) in [6, 6.07) is 15.9. The van der Waals surface area contributed by atoms with Gasteiger partial charge in [0, 0.05) is 10.7 Å². The molecule has 2 amide bonds. The first-order chi connectivity index (χ1) is 20.6. The van der Waals surface area contributed by atoms with E-state index in [0.717, 1.165) is 6.42 Å². The number of hydrazine groups is 1. The molecule has 0 radical (unpaired) electrons. The van der Waals surface area contributed by atoms with Gasteiger partial charge in [-0.2, -0.15) is 0 Å². The van der Waals surface area contributed by atoms with Gasteiger partial charge in [-0.15, -0.1) is 0 Å². The van der Waals surface area contributed by atoms with Crippen LogP contribution in [0.1, 0.15) is 66.4 Å². The summed E-state index contributed by atoms with van der Waals surface area (Å²) in [6.45, 7) is 13.1. The lowest BCUT2D eigenvalue weighted by Gasteiger charge is -2.33. The monoisotopic (exact) mass is 676 g/mol. The summed E-state index contributed by atoms with van der Waals surface area (Å²) in [5, 5.41) is 5.22. The van der Waals surface area contributed by atoms with E-state index in [4.69, 9.17) is 51.1 Å². The predicted molar refractivity (Wildman–Crippen MR) is 182 cm³/mol. The standard InChI is InChI=1S/C33H36Cl4N4O3/c1-7-27(44-22-11-8-19(9-12-22)33(5,6)18-32(2,3)4)31(43)38-21-10-13-23(35)26(16-21)39-28-17-29(42)41(40-28)30-24(36)14-20(34)15-25(30)37/h8-16,27H,7,17-18H2,1-6H3,(H,38,43)(H,39,40). The van der Waals surface area contributed by atoms with Crippen molar-refractivity contribution < 1.29 is 14.3 Å². The molecule has 0 spiro atoms. The number of carbonyl (C=O) groups excluding carboxylic acids is 2. The minimum Gasteiger partial charge on any atom is -0.481 e. The van der Waals surface area contributed by atoms with Crippen molar-refractivity contribution >= 4 is 81.1 Å². The van der Waals surface area contributed by atoms with Crippen LogP contribution in [0.25, 0.3) is 0 Å². The van der Waals surface area contributed by atoms with Crippen molar-refractivity contribution in [2.45, 2.75) is 72.3 Å². The van der Waals surface area contributed by atoms with Gasteiger partial charge in [-0.1, -0.05) is 100 Å². The van der Waals surface area contributed by atoms with E-state index in [1.54, 1.807) is 18.2 Å². The van der Waals surface area contributed by atoms with Gasteiger partial charge in [-0.05, 0) is 71.7 Å². The first-order valence-electron chi connectivity index (χ1n) is 14.3. The summed E-state index contributed by atoms with van der Waals surface area (Å²) in [4.78, 5) is 30.5. The molecule has 44 heavy (non-hydrogen) atoms. The summed E-state index contributed by atoms with van der Waals surface area (Å²) < 4.78 is 6.07. The zero-order chi connectivity index (χ0) is 32.4. The smallest absolute Gasteiger partial charge is 0.265 e. The number of hydrogen-bond acceptors (Lipinski definition) is 4. The molecule has 3 aromatic rings. The highest BCUT2D eigenvalue weighted by molar-refractivity contribution is 6.42. The molecule has 1 fully saturated rings. The fourth-order valence-corrected chi connectivity index (χ4v) is 6.54. The van der Waals surface area contributed by atoms with Crippen LogP contribution >= 0.6 is 46.4 Å². The molecule has 0 aromatic heterocycles. The molecule has 1 aliphatic heterocycles. The van der Waals surface area contributed by atoms with E-state index in [0.29, 0.717) is 39.4 Å². The number of rotatable bonds is 9. The van der Waals surface area contributed by atoms with Gasteiger partial charge in [-0.25, -0.2) is 10.0 Å². The van der Waals surface area contributed by atoms with Gasteiger partial charge in [0.2, 0.25) is 0 Å². The van der Waals surface area contributed by atoms with Gasteiger partial charge >= 0.3 is 0 Å². The van der Waals surface area contributed by atoms with Crippen LogP contribution in [0, 0.1) is 5.41 Å². The second kappa shape index (κ2) is 13.6. The molecule has 11 heteroatoms. The third kappa shape index (κ3) is 8.39. The quantitative estimate of drug-likeness (QED) is 0.236. The average Bonchev–Trinajstić information content (AvgIpc) is 3.26. The number of aliphatic imine (C=N–C) groups is 1. The van der Waals surface area contributed by atoms with Crippen LogP contribution in [0.3, 0.4) is 0 Å². The van der Waals surface area contributed by atoms with E-state index in [1.807, 2.05) is 19.1 Å². The van der Waals surface area contributed by atoms with Crippen LogP contribution in [0.4, 0.5) is 17.1 Å². The Labute approximate surface area is 278 Å². The molecule has 234 valence electrons. The molecule has 4 rings (SSSR count). The Morgan fingerprint density at radius 3 is 2.20 bits per heavy atom. The highest BCUT2D eigenvalue weighted by Crippen LogP contribution is 2.38. The van der Waals surface area contributed by atoms with Gasteiger partial charge in [0.25, 0.3) is 11.8 Å². The zero-order valence-corrected chi connectivity index (χ0v) is 28.5. The Balaban J connectivity index is 1.45. The van der Waals surface area contributed by atoms with E-state index in [9.17, 15) is 9.59 Å². The molecule has 1 aliphatic rings. The molecular weight excluding hydrogens is 642 g/mol. The first kappa shape index (κ1) is 33.9. The predicted octanol–water partition coefficient (Wildman–Crippen LogP) is 9.78. The molecule has 7 nitrogen and oxygen atoms in total. The molecular formula is C33H36Cl4N4O3. The second-order valence-corrected chi connectivity index (χ2v) is 14.3. The maximum Gasteiger partial charge on any atom is 0.265 e. The Morgan fingerprint density at radius 2 is 1.61 bits per heavy atom. The summed E-state index contributed by atoms with van der Waals surface area (Å²) in [5.41, 5.74) is 5.45. The van der Waals surface area contributed by atoms with Crippen LogP contribution in [0.5, 0.6) is 5.75 Å². The van der Waals surface area contributed by atoms with E-state index < -0.39 is 6.10 Å². The molecule has 0 bridgehead atoms. The SMILES string of the molecule is CCC(Oc1ccc(C(C)(C)CC(C)(C)C)cc1)C(=O)Nc1ccc(Cl)c(N=C2CC(=O)N(c3c(Cl)cc(Cl)cc3Cl)N2)c1. The fraction of sp³-hybridized carbons (Fsp3) is 0.364. The molecule has 0 aliphatic carbocycles. The van der Waals surface area contributed by atoms with Crippen LogP contribution in [0.15, 0.2) is 59.6 Å². The number of benzene rings is 3. The third-order valence-electron chi connectivity index (χ3n) is 7.03. The van der Waals surface area contributed by atoms with Crippen LogP contribution < -0.4 is 20.5 Å². The van der Waals surface area contributed by atoms with Gasteiger partial charge in [-0.3, -0.25) is 15.0 Å². The number of halogens is 4. The van der Waals surface area contributed by atoms with Gasteiger partial charge in [0.05, 0.1) is 27.2 Å². The Morgan fingerprint density at radius 1 is 0.977 bits per heavy atom. The number of amides is 2. The maximum absolute atomic E-state index is 13.2. The average molecular weight is 678 g/mol. The molecule has 0 saturated carbocycles. The highest BCUT2D eigenvalue weighted by Gasteiger charge is 2.31. The minimum absolute atomic E-state index is 0.00345. The second-order valence-electron chi connectivity index (χ2n) is 12.6. The number of carbonyl (C=O) groups is 2.